The number of amides is 1. The van der Waals surface area contributed by atoms with E-state index >= 15 is 0 Å². The van der Waals surface area contributed by atoms with E-state index in [1.807, 2.05) is 10.6 Å². The highest BCUT2D eigenvalue weighted by atomic mass is 35.5. The van der Waals surface area contributed by atoms with Crippen molar-refractivity contribution in [3.63, 3.8) is 0 Å². The molecule has 1 amide bonds. The number of anilines is 1. The smallest absolute Gasteiger partial charge is 0.238 e. The van der Waals surface area contributed by atoms with Gasteiger partial charge in [-0.3, -0.25) is 4.79 Å². The van der Waals surface area contributed by atoms with Crippen LogP contribution >= 0.6 is 11.6 Å². The number of hydrogen-bond acceptors (Lipinski definition) is 3. The lowest BCUT2D eigenvalue weighted by molar-refractivity contribution is -0.120. The van der Waals surface area contributed by atoms with Crippen molar-refractivity contribution >= 4 is 40.5 Å². The standard InChI is InChI=1S/C21H17ClFN3O2/c22-13-2-5-17-16(10-13)24-19(25(17)8-1-9-27)12-26-18-11-14(23)3-4-15(18)21(6-7-21)20(26)28/h2-5,9-11H,1,6-8,12H2. The van der Waals surface area contributed by atoms with Gasteiger partial charge in [0.1, 0.15) is 17.9 Å². The lowest BCUT2D eigenvalue weighted by atomic mass is 9.98. The van der Waals surface area contributed by atoms with Crippen LogP contribution < -0.4 is 4.90 Å². The van der Waals surface area contributed by atoms with Crippen molar-refractivity contribution in [3.8, 4) is 0 Å². The van der Waals surface area contributed by atoms with Crippen LogP contribution in [-0.4, -0.2) is 21.7 Å². The molecule has 1 aliphatic heterocycles. The third-order valence-electron chi connectivity index (χ3n) is 5.73. The van der Waals surface area contributed by atoms with Crippen LogP contribution in [0, 0.1) is 5.82 Å². The number of hydrogen-bond donors (Lipinski definition) is 0. The van der Waals surface area contributed by atoms with Gasteiger partial charge in [0.15, 0.2) is 0 Å². The Kier molecular flexibility index (Phi) is 3.81. The number of benzene rings is 2. The number of aldehydes is 1. The van der Waals surface area contributed by atoms with Crippen molar-refractivity contribution in [1.82, 2.24) is 9.55 Å². The maximum absolute atomic E-state index is 13.9. The molecule has 0 radical (unpaired) electrons. The fourth-order valence-electron chi connectivity index (χ4n) is 4.23. The van der Waals surface area contributed by atoms with E-state index in [-0.39, 0.29) is 18.3 Å². The van der Waals surface area contributed by atoms with E-state index in [2.05, 4.69) is 4.98 Å². The van der Waals surface area contributed by atoms with E-state index in [0.717, 1.165) is 30.2 Å². The van der Waals surface area contributed by atoms with E-state index in [1.165, 1.54) is 12.1 Å². The maximum Gasteiger partial charge on any atom is 0.238 e. The normalized spacial score (nSPS) is 16.8. The molecule has 0 bridgehead atoms. The first kappa shape index (κ1) is 17.4. The Balaban J connectivity index is 1.60. The summed E-state index contributed by atoms with van der Waals surface area (Å²) in [7, 11) is 0. The Labute approximate surface area is 165 Å². The molecule has 2 aliphatic rings. The summed E-state index contributed by atoms with van der Waals surface area (Å²) in [5, 5.41) is 0.570. The fourth-order valence-corrected chi connectivity index (χ4v) is 4.39. The molecule has 1 saturated carbocycles. The Morgan fingerprint density at radius 2 is 2.04 bits per heavy atom. The van der Waals surface area contributed by atoms with Crippen molar-refractivity contribution in [2.24, 2.45) is 0 Å². The second-order valence-corrected chi connectivity index (χ2v) is 7.84. The Morgan fingerprint density at radius 1 is 1.21 bits per heavy atom. The monoisotopic (exact) mass is 397 g/mol. The third kappa shape index (κ3) is 2.48. The molecule has 2 heterocycles. The quantitative estimate of drug-likeness (QED) is 0.611. The highest BCUT2D eigenvalue weighted by molar-refractivity contribution is 6.31. The Bertz CT molecular complexity index is 1140. The molecule has 1 aliphatic carbocycles. The van der Waals surface area contributed by atoms with Gasteiger partial charge in [-0.1, -0.05) is 17.7 Å². The molecule has 0 saturated heterocycles. The number of rotatable bonds is 5. The molecule has 2 aromatic carbocycles. The third-order valence-corrected chi connectivity index (χ3v) is 5.97. The van der Waals surface area contributed by atoms with Gasteiger partial charge in [-0.25, -0.2) is 9.37 Å². The zero-order chi connectivity index (χ0) is 19.5. The van der Waals surface area contributed by atoms with E-state index in [0.29, 0.717) is 35.0 Å². The van der Waals surface area contributed by atoms with E-state index in [1.54, 1.807) is 23.1 Å². The molecule has 142 valence electrons. The van der Waals surface area contributed by atoms with Gasteiger partial charge in [-0.2, -0.15) is 0 Å². The summed E-state index contributed by atoms with van der Waals surface area (Å²) in [6.45, 7) is 0.683. The molecule has 1 fully saturated rings. The number of carbonyl (C=O) groups is 2. The lowest BCUT2D eigenvalue weighted by Crippen LogP contribution is -2.32. The fraction of sp³-hybridized carbons (Fsp3) is 0.286. The van der Waals surface area contributed by atoms with Crippen LogP contribution in [0.4, 0.5) is 10.1 Å². The average molecular weight is 398 g/mol. The number of carbonyl (C=O) groups excluding carboxylic acids is 2. The van der Waals surface area contributed by atoms with Crippen LogP contribution in [0.5, 0.6) is 0 Å². The first-order valence-electron chi connectivity index (χ1n) is 9.24. The molecule has 5 nitrogen and oxygen atoms in total. The molecule has 0 unspecified atom stereocenters. The van der Waals surface area contributed by atoms with Gasteiger partial charge in [0, 0.05) is 18.0 Å². The molecule has 0 atom stereocenters. The van der Waals surface area contributed by atoms with E-state index in [9.17, 15) is 14.0 Å². The predicted octanol–water partition coefficient (Wildman–Crippen LogP) is 4.00. The second kappa shape index (κ2) is 6.14. The zero-order valence-electron chi connectivity index (χ0n) is 15.0. The number of aromatic nitrogens is 2. The highest BCUT2D eigenvalue weighted by Crippen LogP contribution is 2.57. The summed E-state index contributed by atoms with van der Waals surface area (Å²) in [5.74, 6) is 0.288. The van der Waals surface area contributed by atoms with Crippen LogP contribution in [-0.2, 0) is 28.1 Å². The molecule has 7 heteroatoms. The summed E-state index contributed by atoms with van der Waals surface area (Å²) >= 11 is 6.10. The largest absolute Gasteiger partial charge is 0.326 e. The van der Waals surface area contributed by atoms with Crippen molar-refractivity contribution in [2.45, 2.75) is 37.8 Å². The molecule has 28 heavy (non-hydrogen) atoms. The average Bonchev–Trinajstić information content (AvgIpc) is 3.36. The first-order chi connectivity index (χ1) is 13.5. The number of halogens is 2. The van der Waals surface area contributed by atoms with Crippen molar-refractivity contribution in [1.29, 1.82) is 0 Å². The minimum absolute atomic E-state index is 0.000117. The summed E-state index contributed by atoms with van der Waals surface area (Å²) < 4.78 is 15.9. The van der Waals surface area contributed by atoms with Gasteiger partial charge in [0.25, 0.3) is 0 Å². The van der Waals surface area contributed by atoms with Gasteiger partial charge < -0.3 is 14.3 Å². The Morgan fingerprint density at radius 3 is 2.79 bits per heavy atom. The maximum atomic E-state index is 13.9. The van der Waals surface area contributed by atoms with Crippen molar-refractivity contribution in [2.75, 3.05) is 4.90 Å². The summed E-state index contributed by atoms with van der Waals surface area (Å²) in [6.07, 6.45) is 2.77. The summed E-state index contributed by atoms with van der Waals surface area (Å²) in [4.78, 5) is 30.4. The van der Waals surface area contributed by atoms with Crippen LogP contribution in [0.1, 0.15) is 30.7 Å². The molecular formula is C21H17ClFN3O2. The summed E-state index contributed by atoms with van der Waals surface area (Å²) in [6, 6.07) is 9.97. The van der Waals surface area contributed by atoms with Gasteiger partial charge >= 0.3 is 0 Å². The predicted molar refractivity (Wildman–Crippen MR) is 104 cm³/mol. The topological polar surface area (TPSA) is 55.2 Å². The summed E-state index contributed by atoms with van der Waals surface area (Å²) in [5.41, 5.74) is 2.59. The molecule has 1 aromatic heterocycles. The van der Waals surface area contributed by atoms with Crippen molar-refractivity contribution < 1.29 is 14.0 Å². The molecule has 5 rings (SSSR count). The Hall–Kier alpha value is -2.73. The first-order valence-corrected chi connectivity index (χ1v) is 9.61. The molecular weight excluding hydrogens is 381 g/mol. The van der Waals surface area contributed by atoms with Crippen LogP contribution in [0.3, 0.4) is 0 Å². The minimum atomic E-state index is -0.494. The van der Waals surface area contributed by atoms with Crippen LogP contribution in [0.15, 0.2) is 36.4 Å². The van der Waals surface area contributed by atoms with Gasteiger partial charge in [0.05, 0.1) is 28.7 Å². The van der Waals surface area contributed by atoms with E-state index < -0.39 is 5.41 Å². The molecule has 0 N–H and O–H groups in total. The van der Waals surface area contributed by atoms with Gasteiger partial charge in [-0.15, -0.1) is 0 Å². The second-order valence-electron chi connectivity index (χ2n) is 7.40. The highest BCUT2D eigenvalue weighted by Gasteiger charge is 2.59. The van der Waals surface area contributed by atoms with Gasteiger partial charge in [-0.05, 0) is 48.7 Å². The number of nitrogens with zero attached hydrogens (tertiary/aromatic N) is 3. The molecule has 1 spiro atoms. The van der Waals surface area contributed by atoms with Crippen molar-refractivity contribution in [3.05, 3.63) is 58.6 Å². The molecule has 3 aromatic rings. The van der Waals surface area contributed by atoms with Gasteiger partial charge in [0.2, 0.25) is 5.91 Å². The zero-order valence-corrected chi connectivity index (χ0v) is 15.7. The SMILES string of the molecule is O=CCCn1c(CN2C(=O)C3(CC3)c3ccc(F)cc32)nc2cc(Cl)ccc21. The number of aryl methyl sites for hydroxylation is 1. The number of imidazole rings is 1. The van der Waals surface area contributed by atoms with Crippen LogP contribution in [0.2, 0.25) is 5.02 Å². The van der Waals surface area contributed by atoms with E-state index in [4.69, 9.17) is 11.6 Å². The lowest BCUT2D eigenvalue weighted by Gasteiger charge is -2.18. The number of fused-ring (bicyclic) bond motifs is 3. The minimum Gasteiger partial charge on any atom is -0.326 e. The van der Waals surface area contributed by atoms with Crippen LogP contribution in [0.25, 0.3) is 11.0 Å².